The Morgan fingerprint density at radius 1 is 1.14 bits per heavy atom. The van der Waals surface area contributed by atoms with Crippen molar-refractivity contribution in [2.75, 3.05) is 6.54 Å². The minimum atomic E-state index is 0.0886. The Morgan fingerprint density at radius 3 is 2.36 bits per heavy atom. The van der Waals surface area contributed by atoms with E-state index in [0.717, 1.165) is 19.4 Å². The molecular formula is C19H30N2O. The number of nitrogens with one attached hydrogen (secondary N) is 1. The van der Waals surface area contributed by atoms with Gasteiger partial charge in [0.2, 0.25) is 0 Å². The molecule has 0 aromatic heterocycles. The van der Waals surface area contributed by atoms with Crippen molar-refractivity contribution in [2.45, 2.75) is 65.5 Å². The predicted molar refractivity (Wildman–Crippen MR) is 91.7 cm³/mol. The van der Waals surface area contributed by atoms with Crippen molar-refractivity contribution in [3.63, 3.8) is 0 Å². The summed E-state index contributed by atoms with van der Waals surface area (Å²) in [6.07, 6.45) is 6.04. The lowest BCUT2D eigenvalue weighted by atomic mass is 9.95. The third-order valence-electron chi connectivity index (χ3n) is 4.10. The summed E-state index contributed by atoms with van der Waals surface area (Å²) in [5.41, 5.74) is 1.28. The molecule has 0 spiro atoms. The summed E-state index contributed by atoms with van der Waals surface area (Å²) in [7, 11) is 0. The summed E-state index contributed by atoms with van der Waals surface area (Å²) in [4.78, 5) is 14.7. The van der Waals surface area contributed by atoms with Gasteiger partial charge in [0.05, 0.1) is 0 Å². The molecule has 0 aliphatic heterocycles. The molecule has 2 amide bonds. The Hall–Kier alpha value is -1.51. The number of urea groups is 1. The van der Waals surface area contributed by atoms with Gasteiger partial charge in [0, 0.05) is 19.1 Å². The fraction of sp³-hybridized carbons (Fsp3) is 0.632. The molecule has 2 rings (SSSR count). The number of carbonyl (C=O) groups is 1. The fourth-order valence-corrected chi connectivity index (χ4v) is 3.09. The zero-order valence-electron chi connectivity index (χ0n) is 14.3. The van der Waals surface area contributed by atoms with E-state index in [-0.39, 0.29) is 11.4 Å². The van der Waals surface area contributed by atoms with Crippen LogP contribution in [0, 0.1) is 5.41 Å². The van der Waals surface area contributed by atoms with Gasteiger partial charge in [-0.2, -0.15) is 0 Å². The molecule has 0 atom stereocenters. The summed E-state index contributed by atoms with van der Waals surface area (Å²) in [6.45, 7) is 7.98. The van der Waals surface area contributed by atoms with Gasteiger partial charge in [0.15, 0.2) is 0 Å². The third-order valence-corrected chi connectivity index (χ3v) is 4.10. The van der Waals surface area contributed by atoms with E-state index in [1.165, 1.54) is 24.8 Å². The number of nitrogens with zero attached hydrogens (tertiary/aromatic N) is 1. The first kappa shape index (κ1) is 16.9. The first-order chi connectivity index (χ1) is 10.4. The zero-order valence-corrected chi connectivity index (χ0v) is 14.3. The van der Waals surface area contributed by atoms with Crippen molar-refractivity contribution in [1.29, 1.82) is 0 Å². The van der Waals surface area contributed by atoms with E-state index in [4.69, 9.17) is 0 Å². The molecule has 0 unspecified atom stereocenters. The van der Waals surface area contributed by atoms with Crippen LogP contribution in [0.4, 0.5) is 4.79 Å². The van der Waals surface area contributed by atoms with Crippen molar-refractivity contribution in [1.82, 2.24) is 10.2 Å². The van der Waals surface area contributed by atoms with Crippen LogP contribution in [-0.4, -0.2) is 23.5 Å². The van der Waals surface area contributed by atoms with Gasteiger partial charge < -0.3 is 10.2 Å². The van der Waals surface area contributed by atoms with E-state index >= 15 is 0 Å². The predicted octanol–water partition coefficient (Wildman–Crippen LogP) is 4.58. The molecule has 1 N–H and O–H groups in total. The fourth-order valence-electron chi connectivity index (χ4n) is 3.09. The molecule has 0 bridgehead atoms. The first-order valence-electron chi connectivity index (χ1n) is 8.53. The number of rotatable bonds is 4. The average molecular weight is 302 g/mol. The Kier molecular flexibility index (Phi) is 5.87. The summed E-state index contributed by atoms with van der Waals surface area (Å²) in [6, 6.07) is 10.7. The number of hydrogen-bond donors (Lipinski definition) is 1. The maximum absolute atomic E-state index is 12.7. The summed E-state index contributed by atoms with van der Waals surface area (Å²) >= 11 is 0. The maximum atomic E-state index is 12.7. The highest BCUT2D eigenvalue weighted by Gasteiger charge is 2.24. The quantitative estimate of drug-likeness (QED) is 0.867. The Morgan fingerprint density at radius 2 is 1.77 bits per heavy atom. The van der Waals surface area contributed by atoms with Gasteiger partial charge in [-0.15, -0.1) is 0 Å². The summed E-state index contributed by atoms with van der Waals surface area (Å²) in [5.74, 6) is 0. The van der Waals surface area contributed by atoms with Crippen molar-refractivity contribution in [3.05, 3.63) is 35.9 Å². The van der Waals surface area contributed by atoms with Gasteiger partial charge in [-0.25, -0.2) is 4.79 Å². The summed E-state index contributed by atoms with van der Waals surface area (Å²) in [5, 5.41) is 3.25. The number of amides is 2. The molecule has 1 aliphatic carbocycles. The Bertz CT molecular complexity index is 458. The van der Waals surface area contributed by atoms with Crippen LogP contribution in [0.15, 0.2) is 30.3 Å². The van der Waals surface area contributed by atoms with Crippen LogP contribution in [-0.2, 0) is 6.54 Å². The minimum Gasteiger partial charge on any atom is -0.335 e. The molecule has 22 heavy (non-hydrogen) atoms. The van der Waals surface area contributed by atoms with Crippen LogP contribution in [0.2, 0.25) is 0 Å². The first-order valence-corrected chi connectivity index (χ1v) is 8.53. The molecular weight excluding hydrogens is 272 g/mol. The zero-order chi connectivity index (χ0) is 16.0. The van der Waals surface area contributed by atoms with E-state index in [9.17, 15) is 4.79 Å². The molecule has 1 aromatic rings. The molecule has 122 valence electrons. The monoisotopic (exact) mass is 302 g/mol. The van der Waals surface area contributed by atoms with E-state index in [1.807, 2.05) is 23.1 Å². The number of benzene rings is 1. The molecule has 0 radical (unpaired) electrons. The van der Waals surface area contributed by atoms with Gasteiger partial charge in [0.1, 0.15) is 0 Å². The highest BCUT2D eigenvalue weighted by molar-refractivity contribution is 5.74. The van der Waals surface area contributed by atoms with Crippen molar-refractivity contribution >= 4 is 6.03 Å². The van der Waals surface area contributed by atoms with Gasteiger partial charge in [-0.05, 0) is 23.8 Å². The summed E-state index contributed by atoms with van der Waals surface area (Å²) < 4.78 is 0. The van der Waals surface area contributed by atoms with Crippen LogP contribution in [0.3, 0.4) is 0 Å². The molecule has 1 saturated carbocycles. The molecule has 3 nitrogen and oxygen atoms in total. The second-order valence-electron chi connectivity index (χ2n) is 7.69. The van der Waals surface area contributed by atoms with E-state index in [2.05, 4.69) is 38.2 Å². The number of hydrogen-bond acceptors (Lipinski definition) is 1. The smallest absolute Gasteiger partial charge is 0.317 e. The molecule has 0 saturated heterocycles. The molecule has 1 fully saturated rings. The minimum absolute atomic E-state index is 0.0886. The lowest BCUT2D eigenvalue weighted by Crippen LogP contribution is -2.47. The van der Waals surface area contributed by atoms with Gasteiger partial charge in [-0.3, -0.25) is 0 Å². The second-order valence-corrected chi connectivity index (χ2v) is 7.69. The van der Waals surface area contributed by atoms with Crippen LogP contribution in [0.1, 0.15) is 58.4 Å². The highest BCUT2D eigenvalue weighted by Crippen LogP contribution is 2.20. The van der Waals surface area contributed by atoms with E-state index in [1.54, 1.807) is 0 Å². The largest absolute Gasteiger partial charge is 0.335 e. The van der Waals surface area contributed by atoms with E-state index in [0.29, 0.717) is 12.6 Å². The molecule has 0 heterocycles. The maximum Gasteiger partial charge on any atom is 0.317 e. The third kappa shape index (κ3) is 5.70. The Balaban J connectivity index is 2.00. The highest BCUT2D eigenvalue weighted by atomic mass is 16.2. The van der Waals surface area contributed by atoms with E-state index < -0.39 is 0 Å². The van der Waals surface area contributed by atoms with Crippen molar-refractivity contribution in [3.8, 4) is 0 Å². The molecule has 1 aromatic carbocycles. The van der Waals surface area contributed by atoms with Crippen LogP contribution >= 0.6 is 0 Å². The normalized spacial score (nSPS) is 16.3. The van der Waals surface area contributed by atoms with Gasteiger partial charge in [0.25, 0.3) is 0 Å². The lowest BCUT2D eigenvalue weighted by molar-refractivity contribution is 0.163. The second kappa shape index (κ2) is 7.66. The SMILES string of the molecule is CC(C)(C)CN(Cc1ccccc1)C(=O)NC1CCCCC1. The van der Waals surface area contributed by atoms with Gasteiger partial charge >= 0.3 is 6.03 Å². The Labute approximate surface area is 135 Å². The van der Waals surface area contributed by atoms with Crippen LogP contribution in [0.5, 0.6) is 0 Å². The van der Waals surface area contributed by atoms with Crippen molar-refractivity contribution in [2.24, 2.45) is 5.41 Å². The van der Waals surface area contributed by atoms with Gasteiger partial charge in [-0.1, -0.05) is 70.4 Å². The standard InChI is InChI=1S/C19H30N2O/c1-19(2,3)15-21(14-16-10-6-4-7-11-16)18(22)20-17-12-8-5-9-13-17/h4,6-7,10-11,17H,5,8-9,12-15H2,1-3H3,(H,20,22). The van der Waals surface area contributed by atoms with Crippen LogP contribution < -0.4 is 5.32 Å². The number of carbonyl (C=O) groups excluding carboxylic acids is 1. The average Bonchev–Trinajstić information content (AvgIpc) is 2.47. The molecule has 1 aliphatic rings. The lowest BCUT2D eigenvalue weighted by Gasteiger charge is -2.32. The van der Waals surface area contributed by atoms with Crippen molar-refractivity contribution < 1.29 is 4.79 Å². The topological polar surface area (TPSA) is 32.3 Å². The molecule has 3 heteroatoms. The van der Waals surface area contributed by atoms with Crippen LogP contribution in [0.25, 0.3) is 0 Å².